The minimum atomic E-state index is -0.480. The van der Waals surface area contributed by atoms with E-state index in [2.05, 4.69) is 4.98 Å². The normalized spacial score (nSPS) is 10.6. The molecule has 5 heteroatoms. The van der Waals surface area contributed by atoms with Gasteiger partial charge in [0.1, 0.15) is 12.4 Å². The summed E-state index contributed by atoms with van der Waals surface area (Å²) in [6, 6.07) is 14.2. The molecule has 0 atom stereocenters. The molecule has 25 heavy (non-hydrogen) atoms. The molecule has 0 spiro atoms. The van der Waals surface area contributed by atoms with Crippen LogP contribution in [0.15, 0.2) is 53.3 Å². The van der Waals surface area contributed by atoms with Crippen molar-refractivity contribution in [2.45, 2.75) is 20.5 Å². The standard InChI is InChI=1S/C20H19NO4/c1-3-24-17-7-5-14(6-8-17)20(23)25-12-16-11-15-10-13(2)4-9-18(15)21-19(16)22/h4-11H,3,12H2,1-2H3,(H,21,22). The summed E-state index contributed by atoms with van der Waals surface area (Å²) in [4.78, 5) is 27.1. The SMILES string of the molecule is CCOc1ccc(C(=O)OCc2cc3cc(C)ccc3[nH]c2=O)cc1. The highest BCUT2D eigenvalue weighted by Gasteiger charge is 2.10. The van der Waals surface area contributed by atoms with E-state index in [1.165, 1.54) is 0 Å². The van der Waals surface area contributed by atoms with Crippen molar-refractivity contribution in [3.63, 3.8) is 0 Å². The van der Waals surface area contributed by atoms with Gasteiger partial charge in [0.25, 0.3) is 5.56 Å². The molecule has 3 rings (SSSR count). The number of esters is 1. The number of carbonyl (C=O) groups is 1. The average molecular weight is 337 g/mol. The molecule has 0 aliphatic heterocycles. The summed E-state index contributed by atoms with van der Waals surface area (Å²) in [6.07, 6.45) is 0. The lowest BCUT2D eigenvalue weighted by atomic mass is 10.1. The number of nitrogens with one attached hydrogen (secondary N) is 1. The highest BCUT2D eigenvalue weighted by Crippen LogP contribution is 2.15. The van der Waals surface area contributed by atoms with E-state index >= 15 is 0 Å². The van der Waals surface area contributed by atoms with Crippen LogP contribution in [0.25, 0.3) is 10.9 Å². The van der Waals surface area contributed by atoms with Crippen LogP contribution in [0.1, 0.15) is 28.4 Å². The van der Waals surface area contributed by atoms with E-state index in [1.54, 1.807) is 30.3 Å². The topological polar surface area (TPSA) is 68.4 Å². The number of fused-ring (bicyclic) bond motifs is 1. The molecule has 0 unspecified atom stereocenters. The number of rotatable bonds is 5. The Bertz CT molecular complexity index is 958. The smallest absolute Gasteiger partial charge is 0.338 e. The zero-order valence-electron chi connectivity index (χ0n) is 14.2. The van der Waals surface area contributed by atoms with E-state index in [9.17, 15) is 9.59 Å². The molecule has 0 fully saturated rings. The van der Waals surface area contributed by atoms with Crippen molar-refractivity contribution in [2.24, 2.45) is 0 Å². The number of aromatic amines is 1. The van der Waals surface area contributed by atoms with Crippen molar-refractivity contribution in [3.05, 3.63) is 75.6 Å². The van der Waals surface area contributed by atoms with E-state index in [-0.39, 0.29) is 12.2 Å². The third-order valence-electron chi connectivity index (χ3n) is 3.84. The van der Waals surface area contributed by atoms with Gasteiger partial charge in [0, 0.05) is 5.52 Å². The van der Waals surface area contributed by atoms with Gasteiger partial charge in [0.15, 0.2) is 0 Å². The third kappa shape index (κ3) is 3.88. The molecule has 5 nitrogen and oxygen atoms in total. The molecule has 1 N–H and O–H groups in total. The van der Waals surface area contributed by atoms with Gasteiger partial charge in [0.05, 0.1) is 17.7 Å². The van der Waals surface area contributed by atoms with Crippen LogP contribution in [-0.4, -0.2) is 17.6 Å². The molecule has 0 saturated heterocycles. The number of H-pyrrole nitrogens is 1. The molecule has 0 aliphatic rings. The summed E-state index contributed by atoms with van der Waals surface area (Å²) in [5.74, 6) is 0.215. The largest absolute Gasteiger partial charge is 0.494 e. The van der Waals surface area contributed by atoms with Crippen LogP contribution in [0, 0.1) is 6.92 Å². The van der Waals surface area contributed by atoms with Gasteiger partial charge in [-0.15, -0.1) is 0 Å². The summed E-state index contributed by atoms with van der Waals surface area (Å²) in [5.41, 5.74) is 2.43. The summed E-state index contributed by atoms with van der Waals surface area (Å²) in [7, 11) is 0. The molecule has 0 radical (unpaired) electrons. The predicted octanol–water partition coefficient (Wildman–Crippen LogP) is 3.59. The van der Waals surface area contributed by atoms with E-state index in [0.29, 0.717) is 23.5 Å². The van der Waals surface area contributed by atoms with Crippen molar-refractivity contribution in [1.29, 1.82) is 0 Å². The summed E-state index contributed by atoms with van der Waals surface area (Å²) < 4.78 is 10.6. The number of benzene rings is 2. The van der Waals surface area contributed by atoms with E-state index in [1.807, 2.05) is 32.0 Å². The van der Waals surface area contributed by atoms with E-state index in [0.717, 1.165) is 16.5 Å². The first kappa shape index (κ1) is 16.8. The molecule has 3 aromatic rings. The van der Waals surface area contributed by atoms with Crippen molar-refractivity contribution in [1.82, 2.24) is 4.98 Å². The van der Waals surface area contributed by atoms with Crippen LogP contribution in [-0.2, 0) is 11.3 Å². The Morgan fingerprint density at radius 3 is 2.56 bits per heavy atom. The fraction of sp³-hybridized carbons (Fsp3) is 0.200. The fourth-order valence-electron chi connectivity index (χ4n) is 2.56. The first-order valence-electron chi connectivity index (χ1n) is 8.09. The van der Waals surface area contributed by atoms with Gasteiger partial charge in [-0.3, -0.25) is 4.79 Å². The number of pyridine rings is 1. The zero-order chi connectivity index (χ0) is 17.8. The van der Waals surface area contributed by atoms with Crippen LogP contribution in [0.4, 0.5) is 0 Å². The average Bonchev–Trinajstić information content (AvgIpc) is 2.61. The Morgan fingerprint density at radius 2 is 1.84 bits per heavy atom. The van der Waals surface area contributed by atoms with Crippen LogP contribution in [0.3, 0.4) is 0 Å². The van der Waals surface area contributed by atoms with Crippen molar-refractivity contribution in [3.8, 4) is 5.75 Å². The highest BCUT2D eigenvalue weighted by atomic mass is 16.5. The molecular formula is C20H19NO4. The van der Waals surface area contributed by atoms with E-state index < -0.39 is 5.97 Å². The first-order valence-corrected chi connectivity index (χ1v) is 8.09. The Kier molecular flexibility index (Phi) is 4.84. The monoisotopic (exact) mass is 337 g/mol. The maximum atomic E-state index is 12.1. The number of aromatic nitrogens is 1. The van der Waals surface area contributed by atoms with Gasteiger partial charge in [-0.25, -0.2) is 4.79 Å². The first-order chi connectivity index (χ1) is 12.1. The van der Waals surface area contributed by atoms with Crippen molar-refractivity contribution in [2.75, 3.05) is 6.61 Å². The summed E-state index contributed by atoms with van der Waals surface area (Å²) in [6.45, 7) is 4.36. The Balaban J connectivity index is 1.74. The zero-order valence-corrected chi connectivity index (χ0v) is 14.2. The third-order valence-corrected chi connectivity index (χ3v) is 3.84. The Labute approximate surface area is 145 Å². The van der Waals surface area contributed by atoms with Gasteiger partial charge in [-0.05, 0) is 61.7 Å². The summed E-state index contributed by atoms with van der Waals surface area (Å²) in [5, 5.41) is 0.909. The van der Waals surface area contributed by atoms with Gasteiger partial charge >= 0.3 is 5.97 Å². The minimum absolute atomic E-state index is 0.0781. The Hall–Kier alpha value is -3.08. The lowest BCUT2D eigenvalue weighted by Gasteiger charge is -2.07. The van der Waals surface area contributed by atoms with Crippen LogP contribution in [0.2, 0.25) is 0 Å². The predicted molar refractivity (Wildman–Crippen MR) is 96.0 cm³/mol. The second kappa shape index (κ2) is 7.21. The highest BCUT2D eigenvalue weighted by molar-refractivity contribution is 5.89. The Morgan fingerprint density at radius 1 is 1.08 bits per heavy atom. The van der Waals surface area contributed by atoms with Crippen LogP contribution < -0.4 is 10.3 Å². The molecule has 0 amide bonds. The number of aryl methyl sites for hydroxylation is 1. The van der Waals surface area contributed by atoms with Crippen LogP contribution >= 0.6 is 0 Å². The van der Waals surface area contributed by atoms with E-state index in [4.69, 9.17) is 9.47 Å². The van der Waals surface area contributed by atoms with Crippen molar-refractivity contribution < 1.29 is 14.3 Å². The lowest BCUT2D eigenvalue weighted by Crippen LogP contribution is -2.15. The molecule has 2 aromatic carbocycles. The molecule has 0 saturated carbocycles. The van der Waals surface area contributed by atoms with Crippen LogP contribution in [0.5, 0.6) is 5.75 Å². The number of carbonyl (C=O) groups excluding carboxylic acids is 1. The molecule has 0 aliphatic carbocycles. The number of hydrogen-bond acceptors (Lipinski definition) is 4. The van der Waals surface area contributed by atoms with Gasteiger partial charge in [-0.1, -0.05) is 11.6 Å². The second-order valence-electron chi connectivity index (χ2n) is 5.75. The van der Waals surface area contributed by atoms with Gasteiger partial charge in [0.2, 0.25) is 0 Å². The lowest BCUT2D eigenvalue weighted by molar-refractivity contribution is 0.0471. The number of hydrogen-bond donors (Lipinski definition) is 1. The van der Waals surface area contributed by atoms with Crippen molar-refractivity contribution >= 4 is 16.9 Å². The fourth-order valence-corrected chi connectivity index (χ4v) is 2.56. The molecule has 0 bridgehead atoms. The summed E-state index contributed by atoms with van der Waals surface area (Å²) >= 11 is 0. The maximum absolute atomic E-state index is 12.1. The minimum Gasteiger partial charge on any atom is -0.494 e. The van der Waals surface area contributed by atoms with Gasteiger partial charge in [-0.2, -0.15) is 0 Å². The maximum Gasteiger partial charge on any atom is 0.338 e. The quantitative estimate of drug-likeness (QED) is 0.722. The number of ether oxygens (including phenoxy) is 2. The molecular weight excluding hydrogens is 318 g/mol. The molecule has 1 heterocycles. The van der Waals surface area contributed by atoms with Gasteiger partial charge < -0.3 is 14.5 Å². The second-order valence-corrected chi connectivity index (χ2v) is 5.75. The molecule has 128 valence electrons. The molecule has 1 aromatic heterocycles.